The number of esters is 3. The van der Waals surface area contributed by atoms with E-state index in [1.165, 1.54) is 244 Å². The summed E-state index contributed by atoms with van der Waals surface area (Å²) in [6, 6.07) is 0. The van der Waals surface area contributed by atoms with Crippen LogP contribution in [-0.4, -0.2) is 37.2 Å². The monoisotopic (exact) mass is 985 g/mol. The number of carbonyl (C=O) groups is 3. The van der Waals surface area contributed by atoms with Gasteiger partial charge in [0, 0.05) is 19.3 Å². The summed E-state index contributed by atoms with van der Waals surface area (Å²) in [6.45, 7) is 6.68. The van der Waals surface area contributed by atoms with Gasteiger partial charge < -0.3 is 14.2 Å². The maximum Gasteiger partial charge on any atom is 0.306 e. The standard InChI is InChI=1S/C64H120O6/c1-4-7-10-13-16-19-22-25-28-30-32-34-36-39-42-45-48-51-54-57-63(66)69-60-61(59-68-62(65)56-53-50-47-44-41-38-27-24-21-18-15-12-9-6-3)70-64(67)58-55-52-49-46-43-40-37-35-33-31-29-26-23-20-17-14-11-8-5-2/h24-25,27-28,61H,4-23,26,29-60H2,1-3H3/b27-24-,28-25-/t61-/m1/s1. The van der Waals surface area contributed by atoms with Gasteiger partial charge in [-0.3, -0.25) is 14.4 Å². The SMILES string of the molecule is CCCCCCC/C=C\CCCCCCCC(=O)OC[C@H](COC(=O)CCCCCCCCCCC/C=C\CCCCCCCC)OC(=O)CCCCCCCCCCCCCCCCCCCCC. The normalized spacial score (nSPS) is 12.1. The first kappa shape index (κ1) is 67.9. The Morgan fingerprint density at radius 1 is 0.271 bits per heavy atom. The van der Waals surface area contributed by atoms with Gasteiger partial charge in [0.2, 0.25) is 0 Å². The zero-order chi connectivity index (χ0) is 50.7. The number of hydrogen-bond donors (Lipinski definition) is 0. The predicted octanol–water partition coefficient (Wildman–Crippen LogP) is 21.1. The Labute approximate surface area is 436 Å². The van der Waals surface area contributed by atoms with Crippen molar-refractivity contribution in [3.05, 3.63) is 24.3 Å². The van der Waals surface area contributed by atoms with Crippen LogP contribution in [-0.2, 0) is 28.6 Å². The Hall–Kier alpha value is -2.11. The van der Waals surface area contributed by atoms with Gasteiger partial charge in [-0.2, -0.15) is 0 Å². The first-order chi connectivity index (χ1) is 34.5. The first-order valence-corrected chi connectivity index (χ1v) is 31.3. The number of rotatable bonds is 58. The summed E-state index contributed by atoms with van der Waals surface area (Å²) in [5, 5.41) is 0. The van der Waals surface area contributed by atoms with Crippen LogP contribution in [0.5, 0.6) is 0 Å². The van der Waals surface area contributed by atoms with Gasteiger partial charge in [0.15, 0.2) is 6.10 Å². The number of unbranched alkanes of at least 4 members (excludes halogenated alkanes) is 43. The third-order valence-electron chi connectivity index (χ3n) is 14.2. The molecule has 0 bridgehead atoms. The van der Waals surface area contributed by atoms with Gasteiger partial charge in [0.05, 0.1) is 0 Å². The van der Waals surface area contributed by atoms with E-state index in [1.54, 1.807) is 0 Å². The maximum atomic E-state index is 12.9. The number of allylic oxidation sites excluding steroid dienone is 4. The molecule has 0 spiro atoms. The molecule has 70 heavy (non-hydrogen) atoms. The average Bonchev–Trinajstić information content (AvgIpc) is 3.36. The largest absolute Gasteiger partial charge is 0.462 e. The molecule has 1 atom stereocenters. The van der Waals surface area contributed by atoms with Gasteiger partial charge in [-0.15, -0.1) is 0 Å². The highest BCUT2D eigenvalue weighted by molar-refractivity contribution is 5.71. The second kappa shape index (κ2) is 59.5. The highest BCUT2D eigenvalue weighted by Gasteiger charge is 2.19. The first-order valence-electron chi connectivity index (χ1n) is 31.3. The predicted molar refractivity (Wildman–Crippen MR) is 303 cm³/mol. The van der Waals surface area contributed by atoms with E-state index in [9.17, 15) is 14.4 Å². The lowest BCUT2D eigenvalue weighted by Crippen LogP contribution is -2.30. The van der Waals surface area contributed by atoms with Crippen LogP contribution in [0.4, 0.5) is 0 Å². The zero-order valence-corrected chi connectivity index (χ0v) is 47.3. The van der Waals surface area contributed by atoms with Gasteiger partial charge in [-0.05, 0) is 70.6 Å². The molecule has 0 fully saturated rings. The fraction of sp³-hybridized carbons (Fsp3) is 0.891. The van der Waals surface area contributed by atoms with Gasteiger partial charge in [0.25, 0.3) is 0 Å². The van der Waals surface area contributed by atoms with Gasteiger partial charge in [0.1, 0.15) is 13.2 Å². The maximum absolute atomic E-state index is 12.9. The Kier molecular flexibility index (Phi) is 57.7. The lowest BCUT2D eigenvalue weighted by Gasteiger charge is -2.18. The molecule has 0 saturated heterocycles. The summed E-state index contributed by atoms with van der Waals surface area (Å²) >= 11 is 0. The number of hydrogen-bond acceptors (Lipinski definition) is 6. The third-order valence-corrected chi connectivity index (χ3v) is 14.2. The summed E-state index contributed by atoms with van der Waals surface area (Å²) in [4.78, 5) is 38.3. The molecule has 0 rings (SSSR count). The van der Waals surface area contributed by atoms with E-state index in [2.05, 4.69) is 45.1 Å². The van der Waals surface area contributed by atoms with Crippen LogP contribution in [0.15, 0.2) is 24.3 Å². The molecular weight excluding hydrogens is 865 g/mol. The lowest BCUT2D eigenvalue weighted by atomic mass is 10.0. The molecule has 412 valence electrons. The minimum atomic E-state index is -0.772. The quantitative estimate of drug-likeness (QED) is 0.0261. The van der Waals surface area contributed by atoms with Crippen LogP contribution < -0.4 is 0 Å². The summed E-state index contributed by atoms with van der Waals surface area (Å²) in [6.07, 6.45) is 70.3. The summed E-state index contributed by atoms with van der Waals surface area (Å²) < 4.78 is 16.9. The highest BCUT2D eigenvalue weighted by Crippen LogP contribution is 2.17. The molecule has 0 unspecified atom stereocenters. The Balaban J connectivity index is 4.31. The van der Waals surface area contributed by atoms with Crippen molar-refractivity contribution in [1.82, 2.24) is 0 Å². The van der Waals surface area contributed by atoms with E-state index < -0.39 is 6.10 Å². The minimum Gasteiger partial charge on any atom is -0.462 e. The number of ether oxygens (including phenoxy) is 3. The topological polar surface area (TPSA) is 78.9 Å². The van der Waals surface area contributed by atoms with Crippen LogP contribution >= 0.6 is 0 Å². The van der Waals surface area contributed by atoms with Crippen LogP contribution in [0.25, 0.3) is 0 Å². The molecule has 0 N–H and O–H groups in total. The van der Waals surface area contributed by atoms with E-state index in [0.29, 0.717) is 19.3 Å². The molecular formula is C64H120O6. The third kappa shape index (κ3) is 56.8. The van der Waals surface area contributed by atoms with Crippen molar-refractivity contribution in [2.45, 2.75) is 354 Å². The van der Waals surface area contributed by atoms with Crippen molar-refractivity contribution in [2.24, 2.45) is 0 Å². The fourth-order valence-corrected chi connectivity index (χ4v) is 9.44. The molecule has 0 aromatic carbocycles. The molecule has 0 radical (unpaired) electrons. The second-order valence-corrected chi connectivity index (χ2v) is 21.3. The van der Waals surface area contributed by atoms with Crippen molar-refractivity contribution in [3.63, 3.8) is 0 Å². The van der Waals surface area contributed by atoms with Crippen molar-refractivity contribution < 1.29 is 28.6 Å². The van der Waals surface area contributed by atoms with Gasteiger partial charge >= 0.3 is 17.9 Å². The van der Waals surface area contributed by atoms with Crippen LogP contribution in [0.2, 0.25) is 0 Å². The summed E-state index contributed by atoms with van der Waals surface area (Å²) in [5.74, 6) is -0.856. The van der Waals surface area contributed by atoms with Crippen LogP contribution in [0.3, 0.4) is 0 Å². The summed E-state index contributed by atoms with van der Waals surface area (Å²) in [7, 11) is 0. The Morgan fingerprint density at radius 2 is 0.471 bits per heavy atom. The van der Waals surface area contributed by atoms with E-state index in [1.807, 2.05) is 0 Å². The molecule has 0 amide bonds. The molecule has 0 aliphatic carbocycles. The van der Waals surface area contributed by atoms with Crippen molar-refractivity contribution in [3.8, 4) is 0 Å². The Bertz CT molecular complexity index is 1130. The average molecular weight is 986 g/mol. The van der Waals surface area contributed by atoms with Gasteiger partial charge in [-0.25, -0.2) is 0 Å². The van der Waals surface area contributed by atoms with E-state index in [-0.39, 0.29) is 31.1 Å². The molecule has 0 aliphatic rings. The van der Waals surface area contributed by atoms with Gasteiger partial charge in [-0.1, -0.05) is 283 Å². The molecule has 6 heteroatoms. The second-order valence-electron chi connectivity index (χ2n) is 21.3. The Morgan fingerprint density at radius 3 is 0.714 bits per heavy atom. The molecule has 6 nitrogen and oxygen atoms in total. The minimum absolute atomic E-state index is 0.0702. The van der Waals surface area contributed by atoms with Crippen molar-refractivity contribution >= 4 is 17.9 Å². The molecule has 0 aromatic rings. The molecule has 0 aliphatic heterocycles. The molecule has 0 heterocycles. The molecule has 0 saturated carbocycles. The van der Waals surface area contributed by atoms with E-state index >= 15 is 0 Å². The number of carbonyl (C=O) groups excluding carboxylic acids is 3. The van der Waals surface area contributed by atoms with E-state index in [4.69, 9.17) is 14.2 Å². The lowest BCUT2D eigenvalue weighted by molar-refractivity contribution is -0.167. The zero-order valence-electron chi connectivity index (χ0n) is 47.3. The van der Waals surface area contributed by atoms with Crippen molar-refractivity contribution in [1.29, 1.82) is 0 Å². The smallest absolute Gasteiger partial charge is 0.306 e. The van der Waals surface area contributed by atoms with Crippen molar-refractivity contribution in [2.75, 3.05) is 13.2 Å². The summed E-state index contributed by atoms with van der Waals surface area (Å²) in [5.41, 5.74) is 0. The highest BCUT2D eigenvalue weighted by atomic mass is 16.6. The fourth-order valence-electron chi connectivity index (χ4n) is 9.44. The van der Waals surface area contributed by atoms with E-state index in [0.717, 1.165) is 64.2 Å². The molecule has 0 aromatic heterocycles. The van der Waals surface area contributed by atoms with Crippen LogP contribution in [0.1, 0.15) is 348 Å². The van der Waals surface area contributed by atoms with Crippen LogP contribution in [0, 0.1) is 0 Å².